The SMILES string of the molecule is COc1ccc2c(c1)C[C@@H](C(=O)N1CCC(c3cncc(Nc4ncccn4)n3)CC1)CO2. The van der Waals surface area contributed by atoms with Gasteiger partial charge in [-0.15, -0.1) is 0 Å². The Hall–Kier alpha value is -3.75. The molecule has 0 saturated carbocycles. The van der Waals surface area contributed by atoms with Gasteiger partial charge in [0.2, 0.25) is 11.9 Å². The number of aromatic nitrogens is 4. The number of fused-ring (bicyclic) bond motifs is 1. The van der Waals surface area contributed by atoms with Crippen molar-refractivity contribution in [3.63, 3.8) is 0 Å². The molecule has 1 aromatic carbocycles. The predicted molar refractivity (Wildman–Crippen MR) is 122 cm³/mol. The van der Waals surface area contributed by atoms with E-state index in [-0.39, 0.29) is 17.7 Å². The van der Waals surface area contributed by atoms with Gasteiger partial charge in [0.15, 0.2) is 5.82 Å². The Morgan fingerprint density at radius 2 is 2.00 bits per heavy atom. The number of methoxy groups -OCH3 is 1. The van der Waals surface area contributed by atoms with E-state index >= 15 is 0 Å². The van der Waals surface area contributed by atoms with Crippen LogP contribution in [0.3, 0.4) is 0 Å². The van der Waals surface area contributed by atoms with Gasteiger partial charge in [-0.3, -0.25) is 9.78 Å². The summed E-state index contributed by atoms with van der Waals surface area (Å²) in [5.41, 5.74) is 1.95. The summed E-state index contributed by atoms with van der Waals surface area (Å²) < 4.78 is 11.2. The fourth-order valence-corrected chi connectivity index (χ4v) is 4.43. The van der Waals surface area contributed by atoms with E-state index in [1.807, 2.05) is 23.1 Å². The minimum absolute atomic E-state index is 0.157. The molecule has 5 rings (SSSR count). The Balaban J connectivity index is 1.19. The molecule has 1 saturated heterocycles. The van der Waals surface area contributed by atoms with Gasteiger partial charge in [-0.2, -0.15) is 0 Å². The predicted octanol–water partition coefficient (Wildman–Crippen LogP) is 2.98. The zero-order valence-electron chi connectivity index (χ0n) is 18.5. The largest absolute Gasteiger partial charge is 0.497 e. The standard InChI is InChI=1S/C24H26N6O3/c1-32-19-3-4-21-17(12-19)11-18(15-33-21)23(31)30-9-5-16(6-10-30)20-13-25-14-22(28-20)29-24-26-7-2-8-27-24/h2-4,7-8,12-14,16,18H,5-6,9-11,15H2,1H3,(H,26,27,28,29)/t18-/m1/s1. The molecule has 33 heavy (non-hydrogen) atoms. The number of piperidine rings is 1. The number of hydrogen-bond acceptors (Lipinski definition) is 8. The molecule has 0 radical (unpaired) electrons. The van der Waals surface area contributed by atoms with Crippen LogP contribution in [0.4, 0.5) is 11.8 Å². The van der Waals surface area contributed by atoms with E-state index in [2.05, 4.69) is 20.3 Å². The van der Waals surface area contributed by atoms with Gasteiger partial charge in [0, 0.05) is 37.6 Å². The third-order valence-corrected chi connectivity index (χ3v) is 6.21. The highest BCUT2D eigenvalue weighted by atomic mass is 16.5. The minimum Gasteiger partial charge on any atom is -0.497 e. The van der Waals surface area contributed by atoms with Crippen molar-refractivity contribution >= 4 is 17.7 Å². The molecule has 170 valence electrons. The molecule has 1 fully saturated rings. The quantitative estimate of drug-likeness (QED) is 0.638. The maximum absolute atomic E-state index is 13.2. The Kier molecular flexibility index (Phi) is 6.01. The summed E-state index contributed by atoms with van der Waals surface area (Å²) >= 11 is 0. The molecule has 2 aromatic heterocycles. The Morgan fingerprint density at radius 3 is 2.79 bits per heavy atom. The van der Waals surface area contributed by atoms with Crippen LogP contribution < -0.4 is 14.8 Å². The second-order valence-electron chi connectivity index (χ2n) is 8.31. The lowest BCUT2D eigenvalue weighted by Crippen LogP contribution is -2.44. The summed E-state index contributed by atoms with van der Waals surface area (Å²) in [4.78, 5) is 32.5. The number of anilines is 2. The first-order valence-electron chi connectivity index (χ1n) is 11.1. The van der Waals surface area contributed by atoms with Crippen LogP contribution in [0.5, 0.6) is 11.5 Å². The van der Waals surface area contributed by atoms with Crippen LogP contribution in [0.15, 0.2) is 49.1 Å². The highest BCUT2D eigenvalue weighted by Crippen LogP contribution is 2.33. The van der Waals surface area contributed by atoms with Crippen molar-refractivity contribution in [2.75, 3.05) is 32.1 Å². The van der Waals surface area contributed by atoms with Gasteiger partial charge < -0.3 is 19.7 Å². The monoisotopic (exact) mass is 446 g/mol. The zero-order valence-corrected chi connectivity index (χ0v) is 18.5. The topological polar surface area (TPSA) is 102 Å². The van der Waals surface area contributed by atoms with E-state index < -0.39 is 0 Å². The first-order valence-corrected chi connectivity index (χ1v) is 11.1. The van der Waals surface area contributed by atoms with Crippen molar-refractivity contribution in [2.24, 2.45) is 5.92 Å². The Labute approximate surface area is 192 Å². The molecule has 0 spiro atoms. The maximum atomic E-state index is 13.2. The van der Waals surface area contributed by atoms with E-state index in [9.17, 15) is 4.79 Å². The number of carbonyl (C=O) groups excluding carboxylic acids is 1. The van der Waals surface area contributed by atoms with Crippen LogP contribution in [0.2, 0.25) is 0 Å². The number of nitrogens with one attached hydrogen (secondary N) is 1. The summed E-state index contributed by atoms with van der Waals surface area (Å²) in [6, 6.07) is 7.51. The lowest BCUT2D eigenvalue weighted by atomic mass is 9.91. The smallest absolute Gasteiger partial charge is 0.229 e. The first-order chi connectivity index (χ1) is 16.2. The van der Waals surface area contributed by atoms with Crippen molar-refractivity contribution in [3.8, 4) is 11.5 Å². The third kappa shape index (κ3) is 4.72. The Bertz CT molecular complexity index is 1120. The molecule has 9 nitrogen and oxygen atoms in total. The molecule has 0 bridgehead atoms. The fourth-order valence-electron chi connectivity index (χ4n) is 4.43. The number of rotatable bonds is 5. The van der Waals surface area contributed by atoms with Crippen molar-refractivity contribution in [1.82, 2.24) is 24.8 Å². The van der Waals surface area contributed by atoms with E-state index in [1.54, 1.807) is 38.0 Å². The number of likely N-dealkylation sites (tertiary alicyclic amines) is 1. The molecule has 1 atom stereocenters. The highest BCUT2D eigenvalue weighted by molar-refractivity contribution is 5.80. The second kappa shape index (κ2) is 9.40. The molecule has 1 N–H and O–H groups in total. The van der Waals surface area contributed by atoms with Gasteiger partial charge in [0.05, 0.1) is 24.9 Å². The van der Waals surface area contributed by atoms with Gasteiger partial charge in [0.1, 0.15) is 18.1 Å². The van der Waals surface area contributed by atoms with E-state index in [0.29, 0.717) is 37.9 Å². The molecule has 2 aliphatic heterocycles. The van der Waals surface area contributed by atoms with Crippen LogP contribution in [-0.2, 0) is 11.2 Å². The summed E-state index contributed by atoms with van der Waals surface area (Å²) in [6.45, 7) is 1.82. The number of benzene rings is 1. The van der Waals surface area contributed by atoms with Crippen molar-refractivity contribution in [1.29, 1.82) is 0 Å². The zero-order chi connectivity index (χ0) is 22.6. The molecule has 1 amide bonds. The van der Waals surface area contributed by atoms with Crippen molar-refractivity contribution in [3.05, 3.63) is 60.3 Å². The number of nitrogens with zero attached hydrogens (tertiary/aromatic N) is 5. The minimum atomic E-state index is -0.167. The molecule has 4 heterocycles. The fraction of sp³-hybridized carbons (Fsp3) is 0.375. The second-order valence-corrected chi connectivity index (χ2v) is 8.31. The maximum Gasteiger partial charge on any atom is 0.229 e. The van der Waals surface area contributed by atoms with E-state index in [1.165, 1.54) is 0 Å². The van der Waals surface area contributed by atoms with Gasteiger partial charge in [-0.25, -0.2) is 15.0 Å². The van der Waals surface area contributed by atoms with E-state index in [0.717, 1.165) is 35.6 Å². The normalized spacial score (nSPS) is 18.2. The van der Waals surface area contributed by atoms with Crippen LogP contribution in [-0.4, -0.2) is 57.5 Å². The van der Waals surface area contributed by atoms with Crippen LogP contribution in [0, 0.1) is 5.92 Å². The third-order valence-electron chi connectivity index (χ3n) is 6.21. The summed E-state index contributed by atoms with van der Waals surface area (Å²) in [7, 11) is 1.64. The van der Waals surface area contributed by atoms with E-state index in [4.69, 9.17) is 14.5 Å². The van der Waals surface area contributed by atoms with Crippen LogP contribution >= 0.6 is 0 Å². The van der Waals surface area contributed by atoms with Crippen molar-refractivity contribution in [2.45, 2.75) is 25.2 Å². The number of hydrogen-bond donors (Lipinski definition) is 1. The molecular formula is C24H26N6O3. The summed E-state index contributed by atoms with van der Waals surface area (Å²) in [5, 5.41) is 3.09. The molecule has 0 aliphatic carbocycles. The van der Waals surface area contributed by atoms with Gasteiger partial charge in [-0.05, 0) is 49.1 Å². The van der Waals surface area contributed by atoms with Crippen LogP contribution in [0.1, 0.15) is 30.0 Å². The lowest BCUT2D eigenvalue weighted by molar-refractivity contribution is -0.138. The number of amides is 1. The summed E-state index contributed by atoms with van der Waals surface area (Å²) in [5.74, 6) is 2.97. The average Bonchev–Trinajstić information content (AvgIpc) is 2.88. The van der Waals surface area contributed by atoms with Gasteiger partial charge in [0.25, 0.3) is 0 Å². The molecule has 3 aromatic rings. The molecule has 9 heteroatoms. The first kappa shape index (κ1) is 21.1. The molecule has 0 unspecified atom stereocenters. The van der Waals surface area contributed by atoms with Gasteiger partial charge in [-0.1, -0.05) is 0 Å². The number of ether oxygens (including phenoxy) is 2. The summed E-state index contributed by atoms with van der Waals surface area (Å²) in [6.07, 6.45) is 9.18. The Morgan fingerprint density at radius 1 is 1.18 bits per heavy atom. The highest BCUT2D eigenvalue weighted by Gasteiger charge is 2.32. The number of carbonyl (C=O) groups is 1. The molecular weight excluding hydrogens is 420 g/mol. The van der Waals surface area contributed by atoms with Crippen LogP contribution in [0.25, 0.3) is 0 Å². The average molecular weight is 447 g/mol. The van der Waals surface area contributed by atoms with Gasteiger partial charge >= 0.3 is 0 Å². The van der Waals surface area contributed by atoms with Crippen molar-refractivity contribution < 1.29 is 14.3 Å². The molecule has 2 aliphatic rings. The lowest BCUT2D eigenvalue weighted by Gasteiger charge is -2.35.